The molecule has 0 saturated carbocycles. The van der Waals surface area contributed by atoms with E-state index in [2.05, 4.69) is 15.3 Å². The lowest BCUT2D eigenvalue weighted by Gasteiger charge is -2.26. The van der Waals surface area contributed by atoms with E-state index in [-0.39, 0.29) is 11.9 Å². The molecular formula is C19H17N3O2. The van der Waals surface area contributed by atoms with Crippen LogP contribution in [-0.2, 0) is 6.42 Å². The molecule has 2 aromatic carbocycles. The highest BCUT2D eigenvalue weighted by atomic mass is 16.3. The van der Waals surface area contributed by atoms with Gasteiger partial charge in [-0.3, -0.25) is 9.78 Å². The van der Waals surface area contributed by atoms with Gasteiger partial charge in [-0.25, -0.2) is 4.98 Å². The molecule has 4 rings (SSSR count). The van der Waals surface area contributed by atoms with E-state index in [9.17, 15) is 9.90 Å². The molecule has 24 heavy (non-hydrogen) atoms. The van der Waals surface area contributed by atoms with E-state index in [1.54, 1.807) is 6.07 Å². The lowest BCUT2D eigenvalue weighted by molar-refractivity contribution is 0.0927. The summed E-state index contributed by atoms with van der Waals surface area (Å²) in [4.78, 5) is 21.3. The maximum atomic E-state index is 12.6. The summed E-state index contributed by atoms with van der Waals surface area (Å²) in [5.41, 5.74) is 3.69. The number of para-hydroxylation sites is 2. The molecule has 0 bridgehead atoms. The minimum atomic E-state index is -0.241. The zero-order valence-corrected chi connectivity index (χ0v) is 13.1. The Balaban J connectivity index is 1.61. The maximum Gasteiger partial charge on any atom is 0.271 e. The van der Waals surface area contributed by atoms with Gasteiger partial charge in [0.15, 0.2) is 0 Å². The van der Waals surface area contributed by atoms with E-state index >= 15 is 0 Å². The average molecular weight is 319 g/mol. The lowest BCUT2D eigenvalue weighted by atomic mass is 9.87. The Kier molecular flexibility index (Phi) is 3.61. The third-order valence-electron chi connectivity index (χ3n) is 4.47. The molecule has 0 aliphatic heterocycles. The Labute approximate surface area is 139 Å². The molecule has 0 radical (unpaired) electrons. The standard InChI is InChI=1S/C19H17N3O2/c23-18-10-4-5-12-13(18)6-3-9-14(12)22-19(24)17-11-20-15-7-1-2-8-16(15)21-17/h1-2,4-5,7-8,10-11,14,23H,3,6,9H2,(H,22,24)/t14-/m0/s1. The van der Waals surface area contributed by atoms with Gasteiger partial charge in [0.25, 0.3) is 5.91 Å². The van der Waals surface area contributed by atoms with Crippen LogP contribution in [0, 0.1) is 0 Å². The van der Waals surface area contributed by atoms with Gasteiger partial charge in [-0.1, -0.05) is 24.3 Å². The largest absolute Gasteiger partial charge is 0.508 e. The number of carbonyl (C=O) groups is 1. The van der Waals surface area contributed by atoms with Crippen LogP contribution in [0.5, 0.6) is 5.75 Å². The van der Waals surface area contributed by atoms with Gasteiger partial charge in [0, 0.05) is 0 Å². The molecule has 1 heterocycles. The van der Waals surface area contributed by atoms with Crippen LogP contribution >= 0.6 is 0 Å². The van der Waals surface area contributed by atoms with Gasteiger partial charge in [0.05, 0.1) is 23.3 Å². The Morgan fingerprint density at radius 2 is 1.96 bits per heavy atom. The minimum absolute atomic E-state index is 0.110. The van der Waals surface area contributed by atoms with Crippen molar-refractivity contribution in [3.8, 4) is 5.75 Å². The molecule has 3 aromatic rings. The van der Waals surface area contributed by atoms with Gasteiger partial charge in [-0.15, -0.1) is 0 Å². The molecule has 5 nitrogen and oxygen atoms in total. The number of phenolic OH excluding ortho intramolecular Hbond substituents is 1. The number of carbonyl (C=O) groups excluding carboxylic acids is 1. The van der Waals surface area contributed by atoms with Crippen LogP contribution in [0.15, 0.2) is 48.7 Å². The number of nitrogens with zero attached hydrogens (tertiary/aromatic N) is 2. The quantitative estimate of drug-likeness (QED) is 0.761. The smallest absolute Gasteiger partial charge is 0.271 e. The normalized spacial score (nSPS) is 16.6. The number of hydrogen-bond acceptors (Lipinski definition) is 4. The number of nitrogens with one attached hydrogen (secondary N) is 1. The topological polar surface area (TPSA) is 75.1 Å². The number of benzene rings is 2. The van der Waals surface area contributed by atoms with Crippen molar-refractivity contribution in [3.63, 3.8) is 0 Å². The second kappa shape index (κ2) is 5.92. The van der Waals surface area contributed by atoms with Crippen molar-refractivity contribution in [2.24, 2.45) is 0 Å². The van der Waals surface area contributed by atoms with Crippen LogP contribution in [0.4, 0.5) is 0 Å². The Hall–Kier alpha value is -2.95. The molecule has 1 aliphatic rings. The van der Waals surface area contributed by atoms with E-state index in [1.165, 1.54) is 6.20 Å². The van der Waals surface area contributed by atoms with E-state index in [1.807, 2.05) is 36.4 Å². The maximum absolute atomic E-state index is 12.6. The summed E-state index contributed by atoms with van der Waals surface area (Å²) in [5, 5.41) is 13.0. The fraction of sp³-hybridized carbons (Fsp3) is 0.211. The first-order valence-corrected chi connectivity index (χ1v) is 8.06. The van der Waals surface area contributed by atoms with Crippen LogP contribution in [0.3, 0.4) is 0 Å². The molecule has 1 amide bonds. The summed E-state index contributed by atoms with van der Waals surface area (Å²) < 4.78 is 0. The minimum Gasteiger partial charge on any atom is -0.508 e. The zero-order valence-electron chi connectivity index (χ0n) is 13.1. The Morgan fingerprint density at radius 1 is 1.12 bits per heavy atom. The van der Waals surface area contributed by atoms with Gasteiger partial charge in [0.1, 0.15) is 11.4 Å². The third-order valence-corrected chi connectivity index (χ3v) is 4.47. The Morgan fingerprint density at radius 3 is 2.83 bits per heavy atom. The number of aromatic hydroxyl groups is 1. The van der Waals surface area contributed by atoms with Gasteiger partial charge in [-0.2, -0.15) is 0 Å². The fourth-order valence-corrected chi connectivity index (χ4v) is 3.28. The summed E-state index contributed by atoms with van der Waals surface area (Å²) in [6.45, 7) is 0. The SMILES string of the molecule is O=C(N[C@H]1CCCc2c(O)cccc21)c1cnc2ccccc2n1. The van der Waals surface area contributed by atoms with Crippen molar-refractivity contribution >= 4 is 16.9 Å². The second-order valence-electron chi connectivity index (χ2n) is 6.01. The van der Waals surface area contributed by atoms with Crippen molar-refractivity contribution in [1.82, 2.24) is 15.3 Å². The van der Waals surface area contributed by atoms with E-state index in [0.717, 1.165) is 35.9 Å². The fourth-order valence-electron chi connectivity index (χ4n) is 3.28. The van der Waals surface area contributed by atoms with Crippen LogP contribution in [0.25, 0.3) is 11.0 Å². The van der Waals surface area contributed by atoms with Gasteiger partial charge in [0.2, 0.25) is 0 Å². The number of phenols is 1. The number of amides is 1. The number of aromatic nitrogens is 2. The number of hydrogen-bond donors (Lipinski definition) is 2. The molecule has 5 heteroatoms. The third kappa shape index (κ3) is 2.58. The van der Waals surface area contributed by atoms with Crippen LogP contribution in [0.2, 0.25) is 0 Å². The highest BCUT2D eigenvalue weighted by Crippen LogP contribution is 2.34. The summed E-state index contributed by atoms with van der Waals surface area (Å²) in [6.07, 6.45) is 4.12. The number of fused-ring (bicyclic) bond motifs is 2. The van der Waals surface area contributed by atoms with E-state index in [0.29, 0.717) is 17.0 Å². The summed E-state index contributed by atoms with van der Waals surface area (Å²) in [6, 6.07) is 12.8. The van der Waals surface area contributed by atoms with Gasteiger partial charge < -0.3 is 10.4 Å². The van der Waals surface area contributed by atoms with Crippen LogP contribution in [0.1, 0.15) is 40.5 Å². The first-order chi connectivity index (χ1) is 11.7. The van der Waals surface area contributed by atoms with Gasteiger partial charge >= 0.3 is 0 Å². The average Bonchev–Trinajstić information content (AvgIpc) is 2.62. The molecule has 0 saturated heterocycles. The molecule has 1 aromatic heterocycles. The molecule has 120 valence electrons. The van der Waals surface area contributed by atoms with Crippen LogP contribution < -0.4 is 5.32 Å². The van der Waals surface area contributed by atoms with Crippen LogP contribution in [-0.4, -0.2) is 21.0 Å². The summed E-state index contributed by atoms with van der Waals surface area (Å²) in [5.74, 6) is 0.0615. The first kappa shape index (κ1) is 14.6. The van der Waals surface area contributed by atoms with E-state index in [4.69, 9.17) is 0 Å². The van der Waals surface area contributed by atoms with Crippen molar-refractivity contribution in [2.45, 2.75) is 25.3 Å². The van der Waals surface area contributed by atoms with Crippen molar-refractivity contribution < 1.29 is 9.90 Å². The highest BCUT2D eigenvalue weighted by Gasteiger charge is 2.24. The monoisotopic (exact) mass is 319 g/mol. The molecular weight excluding hydrogens is 302 g/mol. The van der Waals surface area contributed by atoms with Crippen molar-refractivity contribution in [1.29, 1.82) is 0 Å². The second-order valence-corrected chi connectivity index (χ2v) is 6.01. The molecule has 0 unspecified atom stereocenters. The predicted octanol–water partition coefficient (Wildman–Crippen LogP) is 3.14. The first-order valence-electron chi connectivity index (χ1n) is 8.06. The Bertz CT molecular complexity index is 923. The highest BCUT2D eigenvalue weighted by molar-refractivity contribution is 5.94. The molecule has 1 aliphatic carbocycles. The predicted molar refractivity (Wildman–Crippen MR) is 90.8 cm³/mol. The molecule has 0 fully saturated rings. The molecule has 0 spiro atoms. The zero-order chi connectivity index (χ0) is 16.5. The lowest BCUT2D eigenvalue weighted by Crippen LogP contribution is -2.31. The summed E-state index contributed by atoms with van der Waals surface area (Å²) >= 11 is 0. The summed E-state index contributed by atoms with van der Waals surface area (Å²) in [7, 11) is 0. The van der Waals surface area contributed by atoms with Crippen molar-refractivity contribution in [3.05, 3.63) is 65.5 Å². The molecule has 1 atom stereocenters. The molecule has 2 N–H and O–H groups in total. The van der Waals surface area contributed by atoms with E-state index < -0.39 is 0 Å². The van der Waals surface area contributed by atoms with Crippen molar-refractivity contribution in [2.75, 3.05) is 0 Å². The number of rotatable bonds is 2. The van der Waals surface area contributed by atoms with Gasteiger partial charge in [-0.05, 0) is 48.6 Å².